The van der Waals surface area contributed by atoms with Gasteiger partial charge in [-0.1, -0.05) is 23.7 Å². The predicted octanol–water partition coefficient (Wildman–Crippen LogP) is 3.52. The van der Waals surface area contributed by atoms with Gasteiger partial charge in [0.15, 0.2) is 0 Å². The number of nitrogens with zero attached hydrogens (tertiary/aromatic N) is 1. The summed E-state index contributed by atoms with van der Waals surface area (Å²) < 4.78 is 5.22. The number of ether oxygens (including phenoxy) is 1. The molecule has 1 saturated carbocycles. The summed E-state index contributed by atoms with van der Waals surface area (Å²) in [4.78, 5) is 4.36. The zero-order valence-electron chi connectivity index (χ0n) is 11.4. The lowest BCUT2D eigenvalue weighted by atomic mass is 10.0. The van der Waals surface area contributed by atoms with Crippen LogP contribution in [-0.4, -0.2) is 12.1 Å². The van der Waals surface area contributed by atoms with Crippen LogP contribution in [-0.2, 0) is 12.1 Å². The molecular weight excluding hydrogens is 272 g/mol. The largest absolute Gasteiger partial charge is 0.497 e. The van der Waals surface area contributed by atoms with Crippen molar-refractivity contribution in [3.8, 4) is 5.75 Å². The molecular formula is C16H17ClN2O. The summed E-state index contributed by atoms with van der Waals surface area (Å²) >= 11 is 5.94. The molecule has 1 N–H and O–H groups in total. The number of nitrogens with one attached hydrogen (secondary N) is 1. The Balaban J connectivity index is 1.69. The average molecular weight is 289 g/mol. The lowest BCUT2D eigenvalue weighted by Crippen LogP contribution is -2.28. The number of hydrogen-bond donors (Lipinski definition) is 1. The Kier molecular flexibility index (Phi) is 3.64. The van der Waals surface area contributed by atoms with Crippen molar-refractivity contribution in [1.82, 2.24) is 10.3 Å². The van der Waals surface area contributed by atoms with E-state index in [0.717, 1.165) is 35.9 Å². The van der Waals surface area contributed by atoms with Crippen LogP contribution in [0, 0.1) is 0 Å². The van der Waals surface area contributed by atoms with Crippen LogP contribution >= 0.6 is 11.6 Å². The molecule has 1 aromatic carbocycles. The van der Waals surface area contributed by atoms with E-state index in [-0.39, 0.29) is 5.54 Å². The normalized spacial score (nSPS) is 15.9. The molecule has 104 valence electrons. The molecule has 3 nitrogen and oxygen atoms in total. The molecule has 1 aromatic heterocycles. The van der Waals surface area contributed by atoms with Crippen molar-refractivity contribution in [3.63, 3.8) is 0 Å². The summed E-state index contributed by atoms with van der Waals surface area (Å²) in [7, 11) is 1.67. The van der Waals surface area contributed by atoms with Gasteiger partial charge in [-0.2, -0.15) is 0 Å². The summed E-state index contributed by atoms with van der Waals surface area (Å²) in [5.41, 5.74) is 2.38. The maximum absolute atomic E-state index is 5.94. The fourth-order valence-electron chi connectivity index (χ4n) is 2.40. The second kappa shape index (κ2) is 5.43. The van der Waals surface area contributed by atoms with Crippen LogP contribution < -0.4 is 10.1 Å². The minimum absolute atomic E-state index is 0.0926. The number of hydrogen-bond acceptors (Lipinski definition) is 3. The molecule has 0 spiro atoms. The van der Waals surface area contributed by atoms with Crippen LogP contribution in [0.2, 0.25) is 5.02 Å². The van der Waals surface area contributed by atoms with E-state index in [1.807, 2.05) is 24.3 Å². The van der Waals surface area contributed by atoms with Gasteiger partial charge in [0, 0.05) is 29.4 Å². The first-order valence-electron chi connectivity index (χ1n) is 6.72. The highest BCUT2D eigenvalue weighted by Crippen LogP contribution is 2.45. The van der Waals surface area contributed by atoms with Crippen molar-refractivity contribution in [3.05, 3.63) is 58.9 Å². The van der Waals surface area contributed by atoms with E-state index in [2.05, 4.69) is 22.4 Å². The van der Waals surface area contributed by atoms with Crippen LogP contribution in [0.1, 0.15) is 24.1 Å². The van der Waals surface area contributed by atoms with Gasteiger partial charge in [-0.15, -0.1) is 0 Å². The van der Waals surface area contributed by atoms with E-state index in [4.69, 9.17) is 16.3 Å². The maximum Gasteiger partial charge on any atom is 0.122 e. The van der Waals surface area contributed by atoms with Gasteiger partial charge in [0.1, 0.15) is 5.75 Å². The summed E-state index contributed by atoms with van der Waals surface area (Å²) in [5.74, 6) is 0.841. The monoisotopic (exact) mass is 288 g/mol. The molecule has 0 saturated heterocycles. The number of rotatable bonds is 5. The van der Waals surface area contributed by atoms with Crippen molar-refractivity contribution in [2.24, 2.45) is 0 Å². The fraction of sp³-hybridized carbons (Fsp3) is 0.312. The fourth-order valence-corrected chi connectivity index (χ4v) is 2.53. The van der Waals surface area contributed by atoms with Crippen molar-refractivity contribution in [2.45, 2.75) is 24.9 Å². The van der Waals surface area contributed by atoms with Crippen LogP contribution in [0.25, 0.3) is 0 Å². The summed E-state index contributed by atoms with van der Waals surface area (Å²) in [6.45, 7) is 0.736. The van der Waals surface area contributed by atoms with Gasteiger partial charge in [-0.05, 0) is 36.6 Å². The third kappa shape index (κ3) is 2.79. The number of methoxy groups -OCH3 is 1. The molecule has 0 unspecified atom stereocenters. The topological polar surface area (TPSA) is 34.1 Å². The van der Waals surface area contributed by atoms with Crippen LogP contribution in [0.4, 0.5) is 0 Å². The van der Waals surface area contributed by atoms with E-state index in [9.17, 15) is 0 Å². The first-order valence-corrected chi connectivity index (χ1v) is 7.10. The highest BCUT2D eigenvalue weighted by atomic mass is 35.5. The van der Waals surface area contributed by atoms with Gasteiger partial charge in [-0.25, -0.2) is 0 Å². The molecule has 1 fully saturated rings. The molecule has 1 aliphatic rings. The summed E-state index contributed by atoms with van der Waals surface area (Å²) in [6, 6.07) is 11.9. The first kappa shape index (κ1) is 13.4. The minimum Gasteiger partial charge on any atom is -0.497 e. The highest BCUT2D eigenvalue weighted by molar-refractivity contribution is 6.30. The second-order valence-electron chi connectivity index (χ2n) is 5.13. The van der Waals surface area contributed by atoms with Gasteiger partial charge in [0.2, 0.25) is 0 Å². The van der Waals surface area contributed by atoms with Gasteiger partial charge in [0.05, 0.1) is 12.8 Å². The van der Waals surface area contributed by atoms with E-state index in [1.165, 1.54) is 5.56 Å². The molecule has 3 rings (SSSR count). The van der Waals surface area contributed by atoms with E-state index in [1.54, 1.807) is 13.3 Å². The summed E-state index contributed by atoms with van der Waals surface area (Å²) in [5, 5.41) is 4.39. The molecule has 1 heterocycles. The molecule has 1 aliphatic carbocycles. The third-order valence-electron chi connectivity index (χ3n) is 3.78. The van der Waals surface area contributed by atoms with Gasteiger partial charge < -0.3 is 10.1 Å². The average Bonchev–Trinajstić information content (AvgIpc) is 3.27. The van der Waals surface area contributed by atoms with Crippen molar-refractivity contribution in [1.29, 1.82) is 0 Å². The van der Waals surface area contributed by atoms with Gasteiger partial charge in [0.25, 0.3) is 0 Å². The molecule has 0 amide bonds. The van der Waals surface area contributed by atoms with Crippen molar-refractivity contribution >= 4 is 11.6 Å². The lowest BCUT2D eigenvalue weighted by molar-refractivity contribution is 0.412. The van der Waals surface area contributed by atoms with Crippen LogP contribution in [0.3, 0.4) is 0 Å². The SMILES string of the molecule is COc1ccnc(CNC2(c3ccc(Cl)cc3)CC2)c1. The van der Waals surface area contributed by atoms with Crippen LogP contribution in [0.15, 0.2) is 42.6 Å². The van der Waals surface area contributed by atoms with E-state index < -0.39 is 0 Å². The molecule has 0 aliphatic heterocycles. The Morgan fingerprint density at radius 2 is 2.00 bits per heavy atom. The number of benzene rings is 1. The Morgan fingerprint density at radius 1 is 1.25 bits per heavy atom. The number of aromatic nitrogens is 1. The quantitative estimate of drug-likeness (QED) is 0.914. The zero-order valence-corrected chi connectivity index (χ0v) is 12.2. The predicted molar refractivity (Wildman–Crippen MR) is 80.0 cm³/mol. The standard InChI is InChI=1S/C16H17ClN2O/c1-20-15-6-9-18-14(10-15)11-19-16(7-8-16)12-2-4-13(17)5-3-12/h2-6,9-10,19H,7-8,11H2,1H3. The molecule has 0 radical (unpaired) electrons. The van der Waals surface area contributed by atoms with Crippen LogP contribution in [0.5, 0.6) is 5.75 Å². The second-order valence-corrected chi connectivity index (χ2v) is 5.57. The minimum atomic E-state index is 0.0926. The van der Waals surface area contributed by atoms with Gasteiger partial charge >= 0.3 is 0 Å². The molecule has 0 bridgehead atoms. The highest BCUT2D eigenvalue weighted by Gasteiger charge is 2.43. The first-order chi connectivity index (χ1) is 9.72. The van der Waals surface area contributed by atoms with Crippen molar-refractivity contribution < 1.29 is 4.74 Å². The Morgan fingerprint density at radius 3 is 2.65 bits per heavy atom. The molecule has 2 aromatic rings. The number of halogens is 1. The Bertz CT molecular complexity index is 594. The summed E-state index contributed by atoms with van der Waals surface area (Å²) in [6.07, 6.45) is 4.08. The molecule has 4 heteroatoms. The van der Waals surface area contributed by atoms with Crippen molar-refractivity contribution in [2.75, 3.05) is 7.11 Å². The van der Waals surface area contributed by atoms with E-state index >= 15 is 0 Å². The zero-order chi connectivity index (χ0) is 14.0. The lowest BCUT2D eigenvalue weighted by Gasteiger charge is -2.18. The molecule has 0 atom stereocenters. The Labute approximate surface area is 123 Å². The smallest absolute Gasteiger partial charge is 0.122 e. The maximum atomic E-state index is 5.94. The van der Waals surface area contributed by atoms with Gasteiger partial charge in [-0.3, -0.25) is 4.98 Å². The molecule has 20 heavy (non-hydrogen) atoms. The third-order valence-corrected chi connectivity index (χ3v) is 4.03. The Hall–Kier alpha value is -1.58. The van der Waals surface area contributed by atoms with E-state index in [0.29, 0.717) is 0 Å². The number of pyridine rings is 1.